The molecule has 2 aromatic rings. The van der Waals surface area contributed by atoms with Gasteiger partial charge in [-0.15, -0.1) is 0 Å². The van der Waals surface area contributed by atoms with Gasteiger partial charge in [0.1, 0.15) is 5.82 Å². The summed E-state index contributed by atoms with van der Waals surface area (Å²) in [6.45, 7) is 3.79. The number of pyridine rings is 1. The van der Waals surface area contributed by atoms with E-state index >= 15 is 0 Å². The van der Waals surface area contributed by atoms with Gasteiger partial charge in [-0.2, -0.15) is 0 Å². The first-order chi connectivity index (χ1) is 8.40. The quantitative estimate of drug-likeness (QED) is 0.899. The number of benzene rings is 1. The summed E-state index contributed by atoms with van der Waals surface area (Å²) in [5.74, 6) is -1.62. The largest absolute Gasteiger partial charge is 0.478 e. The number of halogens is 2. The second-order valence-corrected chi connectivity index (χ2v) is 4.75. The molecule has 2 rings (SSSR count). The van der Waals surface area contributed by atoms with Gasteiger partial charge in [-0.1, -0.05) is 25.4 Å². The third-order valence-corrected chi connectivity index (χ3v) is 2.98. The number of hydrogen-bond acceptors (Lipinski definition) is 2. The van der Waals surface area contributed by atoms with Gasteiger partial charge in [-0.3, -0.25) is 4.98 Å². The Balaban J connectivity index is 2.85. The molecule has 3 nitrogen and oxygen atoms in total. The smallest absolute Gasteiger partial charge is 0.336 e. The van der Waals surface area contributed by atoms with Crippen molar-refractivity contribution in [2.45, 2.75) is 19.8 Å². The average molecular weight is 268 g/mol. The van der Waals surface area contributed by atoms with Crippen molar-refractivity contribution in [3.63, 3.8) is 0 Å². The van der Waals surface area contributed by atoms with Crippen LogP contribution >= 0.6 is 11.6 Å². The lowest BCUT2D eigenvalue weighted by molar-refractivity contribution is 0.0699. The van der Waals surface area contributed by atoms with Crippen molar-refractivity contribution in [2.75, 3.05) is 0 Å². The molecule has 0 aliphatic carbocycles. The molecule has 5 heteroatoms. The van der Waals surface area contributed by atoms with Gasteiger partial charge in [0, 0.05) is 17.1 Å². The number of aromatic carboxylic acids is 1. The summed E-state index contributed by atoms with van der Waals surface area (Å²) in [6.07, 6.45) is 0. The third-order valence-electron chi connectivity index (χ3n) is 2.69. The summed E-state index contributed by atoms with van der Waals surface area (Å²) >= 11 is 5.67. The van der Waals surface area contributed by atoms with Gasteiger partial charge in [0.05, 0.1) is 16.1 Å². The molecular formula is C13H11ClFNO2. The predicted molar refractivity (Wildman–Crippen MR) is 67.8 cm³/mol. The van der Waals surface area contributed by atoms with E-state index in [1.165, 1.54) is 12.1 Å². The molecule has 1 aromatic heterocycles. The van der Waals surface area contributed by atoms with Gasteiger partial charge >= 0.3 is 5.97 Å². The molecule has 0 radical (unpaired) electrons. The molecule has 94 valence electrons. The number of carboxylic acids is 1. The van der Waals surface area contributed by atoms with Crippen molar-refractivity contribution in [2.24, 2.45) is 0 Å². The van der Waals surface area contributed by atoms with E-state index in [1.54, 1.807) is 0 Å². The fraction of sp³-hybridized carbons (Fsp3) is 0.231. The van der Waals surface area contributed by atoms with Crippen LogP contribution in [0.5, 0.6) is 0 Å². The molecule has 1 aromatic carbocycles. The Morgan fingerprint density at radius 3 is 2.61 bits per heavy atom. The van der Waals surface area contributed by atoms with Crippen LogP contribution in [-0.2, 0) is 0 Å². The second kappa shape index (κ2) is 4.53. The van der Waals surface area contributed by atoms with Crippen molar-refractivity contribution in [1.29, 1.82) is 0 Å². The van der Waals surface area contributed by atoms with Crippen molar-refractivity contribution >= 4 is 28.5 Å². The lowest BCUT2D eigenvalue weighted by Crippen LogP contribution is -2.03. The summed E-state index contributed by atoms with van der Waals surface area (Å²) in [5.41, 5.74) is 1.01. The van der Waals surface area contributed by atoms with Gasteiger partial charge in [0.15, 0.2) is 0 Å². The lowest BCUT2D eigenvalue weighted by atomic mass is 10.0. The van der Waals surface area contributed by atoms with Crippen molar-refractivity contribution in [1.82, 2.24) is 4.98 Å². The maximum atomic E-state index is 13.4. The van der Waals surface area contributed by atoms with Gasteiger partial charge in [0.25, 0.3) is 0 Å². The minimum atomic E-state index is -1.08. The number of carboxylic acid groups (broad SMARTS) is 1. The van der Waals surface area contributed by atoms with Crippen LogP contribution in [0.3, 0.4) is 0 Å². The molecule has 0 aliphatic rings. The fourth-order valence-electron chi connectivity index (χ4n) is 1.71. The zero-order chi connectivity index (χ0) is 13.4. The summed E-state index contributed by atoms with van der Waals surface area (Å²) in [6, 6.07) is 3.96. The Hall–Kier alpha value is -1.68. The van der Waals surface area contributed by atoms with Crippen LogP contribution in [0.4, 0.5) is 4.39 Å². The summed E-state index contributed by atoms with van der Waals surface area (Å²) in [4.78, 5) is 15.5. The molecule has 1 heterocycles. The first-order valence-corrected chi connectivity index (χ1v) is 5.81. The summed E-state index contributed by atoms with van der Waals surface area (Å²) in [7, 11) is 0. The molecule has 0 saturated heterocycles. The van der Waals surface area contributed by atoms with Crippen LogP contribution in [0.1, 0.15) is 35.8 Å². The zero-order valence-electron chi connectivity index (χ0n) is 9.87. The first-order valence-electron chi connectivity index (χ1n) is 5.43. The fourth-order valence-corrected chi connectivity index (χ4v) is 1.88. The highest BCUT2D eigenvalue weighted by molar-refractivity contribution is 6.31. The molecule has 18 heavy (non-hydrogen) atoms. The SMILES string of the molecule is CC(C)c1cc(C(=O)O)c2cc(Cl)c(F)cc2n1. The van der Waals surface area contributed by atoms with Crippen molar-refractivity contribution < 1.29 is 14.3 Å². The Morgan fingerprint density at radius 2 is 2.06 bits per heavy atom. The number of aromatic nitrogens is 1. The van der Waals surface area contributed by atoms with E-state index in [0.29, 0.717) is 16.6 Å². The molecule has 0 spiro atoms. The molecule has 0 saturated carbocycles. The normalized spacial score (nSPS) is 11.2. The second-order valence-electron chi connectivity index (χ2n) is 4.34. The Labute approximate surface area is 108 Å². The van der Waals surface area contributed by atoms with Gasteiger partial charge in [-0.25, -0.2) is 9.18 Å². The molecule has 0 unspecified atom stereocenters. The van der Waals surface area contributed by atoms with Crippen molar-refractivity contribution in [3.05, 3.63) is 40.3 Å². The Kier molecular flexibility index (Phi) is 3.22. The van der Waals surface area contributed by atoms with E-state index in [-0.39, 0.29) is 16.5 Å². The Bertz CT molecular complexity index is 640. The van der Waals surface area contributed by atoms with Crippen LogP contribution in [0.15, 0.2) is 18.2 Å². The predicted octanol–water partition coefficient (Wildman–Crippen LogP) is 3.85. The van der Waals surface area contributed by atoms with E-state index in [9.17, 15) is 14.3 Å². The maximum absolute atomic E-state index is 13.4. The highest BCUT2D eigenvalue weighted by Crippen LogP contribution is 2.27. The molecule has 0 atom stereocenters. The highest BCUT2D eigenvalue weighted by atomic mass is 35.5. The standard InChI is InChI=1S/C13H11ClFNO2/c1-6(2)11-4-8(13(17)18)7-3-9(14)10(15)5-12(7)16-11/h3-6H,1-2H3,(H,17,18). The summed E-state index contributed by atoms with van der Waals surface area (Å²) < 4.78 is 13.4. The molecule has 0 bridgehead atoms. The first kappa shape index (κ1) is 12.8. The topological polar surface area (TPSA) is 50.2 Å². The minimum Gasteiger partial charge on any atom is -0.478 e. The van der Waals surface area contributed by atoms with Crippen LogP contribution < -0.4 is 0 Å². The van der Waals surface area contributed by atoms with Crippen LogP contribution in [0, 0.1) is 5.82 Å². The number of carbonyl (C=O) groups is 1. The average Bonchev–Trinajstić information content (AvgIpc) is 2.29. The molecule has 0 aliphatic heterocycles. The number of hydrogen-bond donors (Lipinski definition) is 1. The molecule has 0 fully saturated rings. The minimum absolute atomic E-state index is 0.0613. The van der Waals surface area contributed by atoms with E-state index < -0.39 is 11.8 Å². The van der Waals surface area contributed by atoms with Crippen LogP contribution in [0.25, 0.3) is 10.9 Å². The van der Waals surface area contributed by atoms with Gasteiger partial charge in [0.2, 0.25) is 0 Å². The number of fused-ring (bicyclic) bond motifs is 1. The van der Waals surface area contributed by atoms with E-state index in [0.717, 1.165) is 6.07 Å². The Morgan fingerprint density at radius 1 is 1.39 bits per heavy atom. The zero-order valence-corrected chi connectivity index (χ0v) is 10.6. The van der Waals surface area contributed by atoms with Gasteiger partial charge < -0.3 is 5.11 Å². The molecule has 1 N–H and O–H groups in total. The molecule has 0 amide bonds. The summed E-state index contributed by atoms with van der Waals surface area (Å²) in [5, 5.41) is 9.42. The number of nitrogens with zero attached hydrogens (tertiary/aromatic N) is 1. The monoisotopic (exact) mass is 267 g/mol. The lowest BCUT2D eigenvalue weighted by Gasteiger charge is -2.09. The van der Waals surface area contributed by atoms with Crippen molar-refractivity contribution in [3.8, 4) is 0 Å². The maximum Gasteiger partial charge on any atom is 0.336 e. The van der Waals surface area contributed by atoms with Crippen LogP contribution in [0.2, 0.25) is 5.02 Å². The van der Waals surface area contributed by atoms with E-state index in [4.69, 9.17) is 11.6 Å². The van der Waals surface area contributed by atoms with Gasteiger partial charge in [-0.05, 0) is 18.1 Å². The molecular weight excluding hydrogens is 257 g/mol. The van der Waals surface area contributed by atoms with Crippen LogP contribution in [-0.4, -0.2) is 16.1 Å². The van der Waals surface area contributed by atoms with E-state index in [2.05, 4.69) is 4.98 Å². The number of rotatable bonds is 2. The highest BCUT2D eigenvalue weighted by Gasteiger charge is 2.15. The third kappa shape index (κ3) is 2.16. The van der Waals surface area contributed by atoms with E-state index in [1.807, 2.05) is 13.8 Å².